The maximum Gasteiger partial charge on any atom is 0.433 e. The fourth-order valence-electron chi connectivity index (χ4n) is 1.77. The molecule has 0 saturated heterocycles. The first kappa shape index (κ1) is 18.8. The molecule has 0 radical (unpaired) electrons. The van der Waals surface area contributed by atoms with Crippen molar-refractivity contribution in [2.75, 3.05) is 11.6 Å². The molecular formula is C14H13F3N4O3S. The highest BCUT2D eigenvalue weighted by Crippen LogP contribution is 2.29. The van der Waals surface area contributed by atoms with Gasteiger partial charge in [-0.1, -0.05) is 0 Å². The number of carbonyl (C=O) groups is 1. The number of carboxylic acid groups (broad SMARTS) is 1. The fraction of sp³-hybridized carbons (Fsp3) is 0.214. The average Bonchev–Trinajstić information content (AvgIpc) is 3.04. The molecule has 0 aromatic carbocycles. The number of alkyl halides is 3. The molecule has 25 heavy (non-hydrogen) atoms. The van der Waals surface area contributed by atoms with Gasteiger partial charge in [-0.15, -0.1) is 11.8 Å². The van der Waals surface area contributed by atoms with E-state index in [1.807, 2.05) is 0 Å². The molecular weight excluding hydrogens is 361 g/mol. The van der Waals surface area contributed by atoms with Gasteiger partial charge in [0.15, 0.2) is 11.6 Å². The van der Waals surface area contributed by atoms with Crippen LogP contribution in [0.4, 0.5) is 13.2 Å². The second-order valence-electron chi connectivity index (χ2n) is 4.62. The van der Waals surface area contributed by atoms with Crippen molar-refractivity contribution < 1.29 is 27.5 Å². The number of pyridine rings is 1. The fourth-order valence-corrected chi connectivity index (χ4v) is 2.25. The summed E-state index contributed by atoms with van der Waals surface area (Å²) in [5, 5.41) is 8.55. The highest BCUT2D eigenvalue weighted by atomic mass is 32.2. The Bertz CT molecular complexity index is 759. The third-order valence-electron chi connectivity index (χ3n) is 2.85. The predicted octanol–water partition coefficient (Wildman–Crippen LogP) is 2.35. The van der Waals surface area contributed by atoms with E-state index in [0.29, 0.717) is 5.56 Å². The monoisotopic (exact) mass is 374 g/mol. The van der Waals surface area contributed by atoms with Crippen molar-refractivity contribution in [3.05, 3.63) is 41.9 Å². The molecule has 11 heteroatoms. The molecule has 0 aliphatic heterocycles. The van der Waals surface area contributed by atoms with Gasteiger partial charge in [0.2, 0.25) is 0 Å². The number of nitrogens with one attached hydrogen (secondary N) is 1. The van der Waals surface area contributed by atoms with Crippen LogP contribution in [-0.2, 0) is 11.0 Å². The molecule has 0 spiro atoms. The Kier molecular flexibility index (Phi) is 6.04. The SMILES string of the molecule is NNC(=NCSCC(=O)O)c1ccc(-c2ccc(C(F)(F)F)nc2)o1. The molecule has 0 atom stereocenters. The van der Waals surface area contributed by atoms with Crippen molar-refractivity contribution in [3.63, 3.8) is 0 Å². The average molecular weight is 374 g/mol. The molecule has 0 aliphatic rings. The smallest absolute Gasteiger partial charge is 0.433 e. The van der Waals surface area contributed by atoms with Gasteiger partial charge in [-0.3, -0.25) is 14.8 Å². The topological polar surface area (TPSA) is 114 Å². The van der Waals surface area contributed by atoms with Crippen molar-refractivity contribution in [2.45, 2.75) is 6.18 Å². The van der Waals surface area contributed by atoms with Gasteiger partial charge in [0.05, 0.1) is 11.6 Å². The van der Waals surface area contributed by atoms with Crippen molar-refractivity contribution in [1.29, 1.82) is 0 Å². The second-order valence-corrected chi connectivity index (χ2v) is 5.57. The van der Waals surface area contributed by atoms with Crippen molar-refractivity contribution in [2.24, 2.45) is 10.8 Å². The van der Waals surface area contributed by atoms with Gasteiger partial charge < -0.3 is 14.9 Å². The van der Waals surface area contributed by atoms with Crippen LogP contribution in [0.5, 0.6) is 0 Å². The van der Waals surface area contributed by atoms with Crippen LogP contribution in [0.15, 0.2) is 39.9 Å². The molecule has 7 nitrogen and oxygen atoms in total. The molecule has 0 aliphatic carbocycles. The number of nitrogens with zero attached hydrogens (tertiary/aromatic N) is 2. The van der Waals surface area contributed by atoms with Gasteiger partial charge in [-0.2, -0.15) is 13.2 Å². The first-order valence-electron chi connectivity index (χ1n) is 6.75. The maximum absolute atomic E-state index is 12.5. The quantitative estimate of drug-likeness (QED) is 0.234. The lowest BCUT2D eigenvalue weighted by atomic mass is 10.2. The number of hydrazine groups is 1. The van der Waals surface area contributed by atoms with Gasteiger partial charge in [0, 0.05) is 11.8 Å². The van der Waals surface area contributed by atoms with E-state index >= 15 is 0 Å². The largest absolute Gasteiger partial charge is 0.481 e. The zero-order chi connectivity index (χ0) is 18.4. The number of thioether (sulfide) groups is 1. The minimum atomic E-state index is -4.51. The lowest BCUT2D eigenvalue weighted by Crippen LogP contribution is -2.31. The molecule has 134 valence electrons. The van der Waals surface area contributed by atoms with E-state index in [9.17, 15) is 18.0 Å². The van der Waals surface area contributed by atoms with Crippen LogP contribution in [0.25, 0.3) is 11.3 Å². The first-order chi connectivity index (χ1) is 11.8. The van der Waals surface area contributed by atoms with E-state index in [4.69, 9.17) is 15.4 Å². The number of aliphatic imine (C=N–C) groups is 1. The molecule has 0 bridgehead atoms. The van der Waals surface area contributed by atoms with E-state index in [1.54, 1.807) is 0 Å². The zero-order valence-electron chi connectivity index (χ0n) is 12.6. The second kappa shape index (κ2) is 8.03. The summed E-state index contributed by atoms with van der Waals surface area (Å²) >= 11 is 1.07. The van der Waals surface area contributed by atoms with Crippen LogP contribution in [0.1, 0.15) is 11.5 Å². The first-order valence-corrected chi connectivity index (χ1v) is 7.91. The lowest BCUT2D eigenvalue weighted by Gasteiger charge is -2.05. The Morgan fingerprint density at radius 3 is 2.68 bits per heavy atom. The number of halogens is 3. The number of nitrogens with two attached hydrogens (primary N) is 1. The highest BCUT2D eigenvalue weighted by Gasteiger charge is 2.32. The van der Waals surface area contributed by atoms with E-state index in [2.05, 4.69) is 15.4 Å². The van der Waals surface area contributed by atoms with Crippen molar-refractivity contribution in [1.82, 2.24) is 10.4 Å². The molecule has 4 N–H and O–H groups in total. The molecule has 2 aromatic rings. The van der Waals surface area contributed by atoms with E-state index in [0.717, 1.165) is 24.0 Å². The Morgan fingerprint density at radius 1 is 1.36 bits per heavy atom. The molecule has 0 amide bonds. The summed E-state index contributed by atoms with van der Waals surface area (Å²) in [6.45, 7) is 0. The lowest BCUT2D eigenvalue weighted by molar-refractivity contribution is -0.141. The number of furan rings is 1. The Morgan fingerprint density at radius 2 is 2.12 bits per heavy atom. The third kappa shape index (κ3) is 5.22. The highest BCUT2D eigenvalue weighted by molar-refractivity contribution is 7.99. The zero-order valence-corrected chi connectivity index (χ0v) is 13.4. The van der Waals surface area contributed by atoms with E-state index < -0.39 is 17.8 Å². The maximum atomic E-state index is 12.5. The number of carboxylic acids is 1. The molecule has 0 unspecified atom stereocenters. The Labute approximate surface area is 144 Å². The summed E-state index contributed by atoms with van der Waals surface area (Å²) in [7, 11) is 0. The summed E-state index contributed by atoms with van der Waals surface area (Å²) < 4.78 is 43.0. The van der Waals surface area contributed by atoms with Gasteiger partial charge in [0.25, 0.3) is 0 Å². The Balaban J connectivity index is 2.12. The summed E-state index contributed by atoms with van der Waals surface area (Å²) in [6.07, 6.45) is -3.45. The molecule has 0 saturated carbocycles. The number of rotatable bonds is 6. The van der Waals surface area contributed by atoms with Crippen molar-refractivity contribution >= 4 is 23.6 Å². The van der Waals surface area contributed by atoms with Crippen LogP contribution in [0, 0.1) is 0 Å². The minimum absolute atomic E-state index is 0.109. The van der Waals surface area contributed by atoms with Crippen LogP contribution in [-0.4, -0.2) is 33.5 Å². The van der Waals surface area contributed by atoms with E-state index in [1.165, 1.54) is 18.2 Å². The number of amidine groups is 1. The summed E-state index contributed by atoms with van der Waals surface area (Å²) in [6, 6.07) is 5.18. The molecule has 2 aromatic heterocycles. The molecule has 0 fully saturated rings. The summed E-state index contributed by atoms with van der Waals surface area (Å²) in [5.41, 5.74) is 1.69. The molecule has 2 heterocycles. The number of hydrogen-bond acceptors (Lipinski definition) is 6. The number of hydrogen-bond donors (Lipinski definition) is 3. The summed E-state index contributed by atoms with van der Waals surface area (Å²) in [4.78, 5) is 17.8. The van der Waals surface area contributed by atoms with Gasteiger partial charge >= 0.3 is 12.1 Å². The van der Waals surface area contributed by atoms with E-state index in [-0.39, 0.29) is 29.0 Å². The van der Waals surface area contributed by atoms with Crippen LogP contribution in [0.3, 0.4) is 0 Å². The minimum Gasteiger partial charge on any atom is -0.481 e. The standard InChI is InChI=1S/C14H13F3N4O3S/c15-14(16,17)11-4-1-8(5-19-11)9-2-3-10(24-9)13(21-18)20-7-25-6-12(22)23/h1-5H,6-7,18H2,(H,20,21)(H,22,23). The third-order valence-corrected chi connectivity index (χ3v) is 3.62. The normalized spacial score (nSPS) is 12.2. The van der Waals surface area contributed by atoms with Crippen LogP contribution in [0.2, 0.25) is 0 Å². The van der Waals surface area contributed by atoms with Crippen LogP contribution >= 0.6 is 11.8 Å². The van der Waals surface area contributed by atoms with Crippen LogP contribution < -0.4 is 11.3 Å². The van der Waals surface area contributed by atoms with Crippen molar-refractivity contribution in [3.8, 4) is 11.3 Å². The number of aliphatic carboxylic acids is 1. The van der Waals surface area contributed by atoms with Gasteiger partial charge in [0.1, 0.15) is 11.5 Å². The number of aromatic nitrogens is 1. The Hall–Kier alpha value is -2.53. The molecule has 2 rings (SSSR count). The predicted molar refractivity (Wildman–Crippen MR) is 85.8 cm³/mol. The van der Waals surface area contributed by atoms with Gasteiger partial charge in [-0.05, 0) is 24.3 Å². The van der Waals surface area contributed by atoms with Gasteiger partial charge in [-0.25, -0.2) is 5.84 Å². The summed E-state index contributed by atoms with van der Waals surface area (Å²) in [5.74, 6) is 5.16.